The number of halogens is 2. The lowest BCUT2D eigenvalue weighted by Crippen LogP contribution is -2.36. The highest BCUT2D eigenvalue weighted by Gasteiger charge is 2.23. The number of nitrogens with one attached hydrogen (secondary N) is 2. The van der Waals surface area contributed by atoms with Gasteiger partial charge in [-0.2, -0.15) is 0 Å². The molecular weight excluding hydrogens is 451 g/mol. The topological polar surface area (TPSA) is 102 Å². The molecule has 2 N–H and O–H groups in total. The molecule has 0 heterocycles. The molecule has 160 valence electrons. The molecule has 0 saturated heterocycles. The molecule has 1 amide bonds. The van der Waals surface area contributed by atoms with E-state index >= 15 is 0 Å². The van der Waals surface area contributed by atoms with Gasteiger partial charge in [-0.3, -0.25) is 9.52 Å². The van der Waals surface area contributed by atoms with Crippen molar-refractivity contribution >= 4 is 50.8 Å². The molecule has 1 aliphatic carbocycles. The van der Waals surface area contributed by atoms with Crippen LogP contribution in [-0.4, -0.2) is 32.9 Å². The lowest BCUT2D eigenvalue weighted by atomic mass is 10.2. The summed E-state index contributed by atoms with van der Waals surface area (Å²) in [7, 11) is -4.12. The Kier molecular flexibility index (Phi) is 7.23. The Hall–Kier alpha value is -2.29. The van der Waals surface area contributed by atoms with Gasteiger partial charge in [-0.15, -0.1) is 0 Å². The van der Waals surface area contributed by atoms with Crippen LogP contribution in [0.3, 0.4) is 0 Å². The molecule has 0 aromatic heterocycles. The maximum Gasteiger partial charge on any atom is 0.340 e. The lowest BCUT2D eigenvalue weighted by Gasteiger charge is -2.14. The van der Waals surface area contributed by atoms with E-state index in [-0.39, 0.29) is 38.1 Å². The molecule has 0 atom stereocenters. The number of para-hydroxylation sites is 1. The third-order valence-electron chi connectivity index (χ3n) is 4.63. The molecular formula is C20H20Cl2N2O5S. The Morgan fingerprint density at radius 2 is 1.77 bits per heavy atom. The summed E-state index contributed by atoms with van der Waals surface area (Å²) in [5.41, 5.74) is -0.0392. The van der Waals surface area contributed by atoms with E-state index in [9.17, 15) is 18.0 Å². The van der Waals surface area contributed by atoms with Crippen molar-refractivity contribution in [2.75, 3.05) is 11.3 Å². The van der Waals surface area contributed by atoms with Gasteiger partial charge in [0.05, 0.1) is 16.3 Å². The van der Waals surface area contributed by atoms with Gasteiger partial charge in [0.25, 0.3) is 15.9 Å². The SMILES string of the molecule is O=C(COC(=O)c1ccccc1NS(=O)(=O)c1cc(Cl)ccc1Cl)NC1CCCC1. The Labute approximate surface area is 184 Å². The number of hydrogen-bond donors (Lipinski definition) is 2. The summed E-state index contributed by atoms with van der Waals surface area (Å²) < 4.78 is 32.9. The number of ether oxygens (including phenoxy) is 1. The fourth-order valence-corrected chi connectivity index (χ4v) is 5.02. The summed E-state index contributed by atoms with van der Waals surface area (Å²) >= 11 is 11.9. The Morgan fingerprint density at radius 3 is 2.50 bits per heavy atom. The minimum atomic E-state index is -4.12. The number of esters is 1. The molecule has 30 heavy (non-hydrogen) atoms. The molecule has 0 radical (unpaired) electrons. The highest BCUT2D eigenvalue weighted by molar-refractivity contribution is 7.92. The van der Waals surface area contributed by atoms with Crippen LogP contribution < -0.4 is 10.0 Å². The normalized spacial score (nSPS) is 14.3. The molecule has 2 aromatic carbocycles. The number of carbonyl (C=O) groups excluding carboxylic acids is 2. The van der Waals surface area contributed by atoms with E-state index in [2.05, 4.69) is 10.0 Å². The number of anilines is 1. The van der Waals surface area contributed by atoms with Gasteiger partial charge < -0.3 is 10.1 Å². The van der Waals surface area contributed by atoms with Gasteiger partial charge in [0.2, 0.25) is 0 Å². The van der Waals surface area contributed by atoms with Crippen LogP contribution in [0.1, 0.15) is 36.0 Å². The van der Waals surface area contributed by atoms with Crippen molar-refractivity contribution in [2.45, 2.75) is 36.6 Å². The van der Waals surface area contributed by atoms with Crippen LogP contribution in [0.25, 0.3) is 0 Å². The minimum Gasteiger partial charge on any atom is -0.452 e. The first-order valence-corrected chi connectivity index (χ1v) is 11.5. The quantitative estimate of drug-likeness (QED) is 0.595. The van der Waals surface area contributed by atoms with Crippen LogP contribution in [0.5, 0.6) is 0 Å². The number of hydrogen-bond acceptors (Lipinski definition) is 5. The average Bonchev–Trinajstić information content (AvgIpc) is 3.21. The van der Waals surface area contributed by atoms with Crippen molar-refractivity contribution in [1.82, 2.24) is 5.32 Å². The molecule has 10 heteroatoms. The number of benzene rings is 2. The van der Waals surface area contributed by atoms with E-state index in [4.69, 9.17) is 27.9 Å². The summed E-state index contributed by atoms with van der Waals surface area (Å²) in [6.07, 6.45) is 3.95. The van der Waals surface area contributed by atoms with Crippen LogP contribution in [-0.2, 0) is 19.6 Å². The van der Waals surface area contributed by atoms with E-state index in [1.54, 1.807) is 12.1 Å². The fraction of sp³-hybridized carbons (Fsp3) is 0.300. The van der Waals surface area contributed by atoms with E-state index < -0.39 is 22.6 Å². The number of sulfonamides is 1. The zero-order chi connectivity index (χ0) is 21.7. The summed E-state index contributed by atoms with van der Waals surface area (Å²) in [4.78, 5) is 24.2. The van der Waals surface area contributed by atoms with Crippen LogP contribution in [0.4, 0.5) is 5.69 Å². The first kappa shape index (κ1) is 22.4. The highest BCUT2D eigenvalue weighted by atomic mass is 35.5. The predicted molar refractivity (Wildman–Crippen MR) is 114 cm³/mol. The van der Waals surface area contributed by atoms with Gasteiger partial charge in [-0.1, -0.05) is 48.2 Å². The van der Waals surface area contributed by atoms with Gasteiger partial charge in [0.1, 0.15) is 4.90 Å². The van der Waals surface area contributed by atoms with Crippen molar-refractivity contribution in [3.8, 4) is 0 Å². The van der Waals surface area contributed by atoms with Crippen LogP contribution in [0.15, 0.2) is 47.4 Å². The molecule has 1 fully saturated rings. The van der Waals surface area contributed by atoms with Gasteiger partial charge >= 0.3 is 5.97 Å². The summed E-state index contributed by atoms with van der Waals surface area (Å²) in [5.74, 6) is -1.22. The van der Waals surface area contributed by atoms with Crippen molar-refractivity contribution in [3.05, 3.63) is 58.1 Å². The summed E-state index contributed by atoms with van der Waals surface area (Å²) in [6, 6.07) is 10.1. The average molecular weight is 471 g/mol. The third-order valence-corrected chi connectivity index (χ3v) is 6.71. The van der Waals surface area contributed by atoms with Crippen molar-refractivity contribution < 1.29 is 22.7 Å². The maximum atomic E-state index is 12.7. The molecule has 0 unspecified atom stereocenters. The largest absolute Gasteiger partial charge is 0.452 e. The zero-order valence-electron chi connectivity index (χ0n) is 15.9. The molecule has 0 bridgehead atoms. The van der Waals surface area contributed by atoms with E-state index in [1.807, 2.05) is 0 Å². The Morgan fingerprint density at radius 1 is 1.07 bits per heavy atom. The molecule has 7 nitrogen and oxygen atoms in total. The van der Waals surface area contributed by atoms with Crippen LogP contribution in [0, 0.1) is 0 Å². The van der Waals surface area contributed by atoms with Crippen LogP contribution in [0.2, 0.25) is 10.0 Å². The second-order valence-corrected chi connectivity index (χ2v) is 9.35. The molecule has 2 aromatic rings. The van der Waals surface area contributed by atoms with E-state index in [0.29, 0.717) is 0 Å². The minimum absolute atomic E-state index is 0.00487. The second kappa shape index (κ2) is 9.68. The third kappa shape index (κ3) is 5.65. The summed E-state index contributed by atoms with van der Waals surface area (Å²) in [5, 5.41) is 2.99. The van der Waals surface area contributed by atoms with Crippen molar-refractivity contribution in [3.63, 3.8) is 0 Å². The Bertz CT molecular complexity index is 1050. The molecule has 3 rings (SSSR count). The fourth-order valence-electron chi connectivity index (χ4n) is 3.18. The highest BCUT2D eigenvalue weighted by Crippen LogP contribution is 2.28. The monoisotopic (exact) mass is 470 g/mol. The van der Waals surface area contributed by atoms with Crippen molar-refractivity contribution in [2.24, 2.45) is 0 Å². The predicted octanol–water partition coefficient (Wildman–Crippen LogP) is 4.01. The van der Waals surface area contributed by atoms with E-state index in [1.165, 1.54) is 30.3 Å². The first-order chi connectivity index (χ1) is 14.3. The van der Waals surface area contributed by atoms with Crippen LogP contribution >= 0.6 is 23.2 Å². The number of rotatable bonds is 7. The molecule has 0 aliphatic heterocycles. The molecule has 1 aliphatic rings. The van der Waals surface area contributed by atoms with Gasteiger partial charge in [-0.25, -0.2) is 13.2 Å². The second-order valence-electron chi connectivity index (χ2n) is 6.85. The van der Waals surface area contributed by atoms with Gasteiger partial charge in [0, 0.05) is 11.1 Å². The maximum absolute atomic E-state index is 12.7. The first-order valence-electron chi connectivity index (χ1n) is 9.29. The van der Waals surface area contributed by atoms with Gasteiger partial charge in [-0.05, 0) is 43.2 Å². The number of carbonyl (C=O) groups is 2. The number of amides is 1. The molecule has 1 saturated carbocycles. The molecule has 0 spiro atoms. The zero-order valence-corrected chi connectivity index (χ0v) is 18.2. The Balaban J connectivity index is 1.71. The van der Waals surface area contributed by atoms with E-state index in [0.717, 1.165) is 25.7 Å². The van der Waals surface area contributed by atoms with Crippen molar-refractivity contribution in [1.29, 1.82) is 0 Å². The summed E-state index contributed by atoms with van der Waals surface area (Å²) in [6.45, 7) is -0.448. The van der Waals surface area contributed by atoms with Gasteiger partial charge in [0.15, 0.2) is 6.61 Å². The lowest BCUT2D eigenvalue weighted by molar-refractivity contribution is -0.124. The standard InChI is InChI=1S/C20H20Cl2N2O5S/c21-13-9-10-16(22)18(11-13)30(27,28)24-17-8-4-3-7-15(17)20(26)29-12-19(25)23-14-5-1-2-6-14/h3-4,7-11,14,24H,1-2,5-6,12H2,(H,23,25). The smallest absolute Gasteiger partial charge is 0.340 e.